The Balaban J connectivity index is 2.87. The summed E-state index contributed by atoms with van der Waals surface area (Å²) in [5, 5.41) is 13.3. The zero-order chi connectivity index (χ0) is 10.6. The van der Waals surface area contributed by atoms with Crippen molar-refractivity contribution in [2.45, 2.75) is 6.92 Å². The molecule has 0 fully saturated rings. The highest BCUT2D eigenvalue weighted by Gasteiger charge is 2.03. The minimum Gasteiger partial charge on any atom is -0.411 e. The van der Waals surface area contributed by atoms with Crippen molar-refractivity contribution in [3.63, 3.8) is 0 Å². The summed E-state index contributed by atoms with van der Waals surface area (Å²) in [5.41, 5.74) is 1.61. The van der Waals surface area contributed by atoms with Gasteiger partial charge in [0.1, 0.15) is 6.21 Å². The van der Waals surface area contributed by atoms with Crippen LogP contribution in [-0.4, -0.2) is 17.3 Å². The third-order valence-corrected chi connectivity index (χ3v) is 2.56. The highest BCUT2D eigenvalue weighted by Crippen LogP contribution is 2.23. The molecule has 0 saturated carbocycles. The fraction of sp³-hybridized carbons (Fsp3) is 0.111. The van der Waals surface area contributed by atoms with Crippen LogP contribution in [0.2, 0.25) is 0 Å². The Hall–Kier alpha value is -1.36. The van der Waals surface area contributed by atoms with Gasteiger partial charge < -0.3 is 10.5 Å². The van der Waals surface area contributed by atoms with Crippen molar-refractivity contribution in [3.8, 4) is 0 Å². The summed E-state index contributed by atoms with van der Waals surface area (Å²) >= 11 is 3.34. The molecule has 0 aliphatic rings. The van der Waals surface area contributed by atoms with Crippen LogP contribution in [0, 0.1) is 6.92 Å². The van der Waals surface area contributed by atoms with Crippen LogP contribution in [0.3, 0.4) is 0 Å². The second kappa shape index (κ2) is 4.76. The first-order valence-electron chi connectivity index (χ1n) is 3.88. The second-order valence-electron chi connectivity index (χ2n) is 2.65. The van der Waals surface area contributed by atoms with E-state index in [1.807, 2.05) is 19.1 Å². The molecule has 0 spiro atoms. The Kier molecular flexibility index (Phi) is 3.64. The van der Waals surface area contributed by atoms with E-state index in [4.69, 9.17) is 5.21 Å². The molecule has 4 nitrogen and oxygen atoms in total. The number of nitrogens with zero attached hydrogens (tertiary/aromatic N) is 1. The minimum atomic E-state index is -0.464. The van der Waals surface area contributed by atoms with Gasteiger partial charge in [0.05, 0.1) is 0 Å². The van der Waals surface area contributed by atoms with Crippen LogP contribution < -0.4 is 5.32 Å². The van der Waals surface area contributed by atoms with Gasteiger partial charge in [-0.25, -0.2) is 0 Å². The maximum atomic E-state index is 11.0. The van der Waals surface area contributed by atoms with Gasteiger partial charge in [0.15, 0.2) is 0 Å². The molecule has 14 heavy (non-hydrogen) atoms. The van der Waals surface area contributed by atoms with Gasteiger partial charge in [0.25, 0.3) is 5.91 Å². The number of rotatable bonds is 2. The summed E-state index contributed by atoms with van der Waals surface area (Å²) < 4.78 is 0.913. The van der Waals surface area contributed by atoms with Crippen molar-refractivity contribution in [1.29, 1.82) is 0 Å². The van der Waals surface area contributed by atoms with Crippen molar-refractivity contribution in [3.05, 3.63) is 28.2 Å². The molecule has 74 valence electrons. The van der Waals surface area contributed by atoms with E-state index < -0.39 is 5.91 Å². The van der Waals surface area contributed by atoms with Gasteiger partial charge in [-0.1, -0.05) is 27.2 Å². The molecule has 2 N–H and O–H groups in total. The zero-order valence-corrected chi connectivity index (χ0v) is 9.08. The van der Waals surface area contributed by atoms with E-state index in [-0.39, 0.29) is 0 Å². The van der Waals surface area contributed by atoms with Crippen molar-refractivity contribution in [1.82, 2.24) is 0 Å². The van der Waals surface area contributed by atoms with Crippen LogP contribution in [0.4, 0.5) is 5.69 Å². The number of nitrogens with one attached hydrogen (secondary N) is 1. The number of hydrogen-bond acceptors (Lipinski definition) is 3. The number of amides is 1. The molecule has 0 atom stereocenters. The van der Waals surface area contributed by atoms with Gasteiger partial charge in [0, 0.05) is 10.2 Å². The standard InChI is InChI=1S/C9H9BrN2O2/c1-6-7(10)3-2-4-8(6)12-9(13)5-11-14/h2-5,14H,1H3,(H,12,13). The molecular weight excluding hydrogens is 248 g/mol. The van der Waals surface area contributed by atoms with Gasteiger partial charge in [0.2, 0.25) is 0 Å². The molecule has 1 rings (SSSR count). The first-order valence-corrected chi connectivity index (χ1v) is 4.68. The van der Waals surface area contributed by atoms with Gasteiger partial charge in [-0.2, -0.15) is 0 Å². The average Bonchev–Trinajstić information content (AvgIpc) is 2.13. The summed E-state index contributed by atoms with van der Waals surface area (Å²) in [5.74, 6) is -0.464. The normalized spacial score (nSPS) is 10.4. The predicted molar refractivity (Wildman–Crippen MR) is 57.8 cm³/mol. The molecular formula is C9H9BrN2O2. The number of hydrogen-bond donors (Lipinski definition) is 2. The summed E-state index contributed by atoms with van der Waals surface area (Å²) in [6.07, 6.45) is 0.806. The summed E-state index contributed by atoms with van der Waals surface area (Å²) in [4.78, 5) is 11.0. The first-order chi connectivity index (χ1) is 6.65. The molecule has 1 amide bonds. The summed E-state index contributed by atoms with van der Waals surface area (Å²) in [6, 6.07) is 5.46. The lowest BCUT2D eigenvalue weighted by Gasteiger charge is -2.06. The Morgan fingerprint density at radius 2 is 2.36 bits per heavy atom. The largest absolute Gasteiger partial charge is 0.411 e. The van der Waals surface area contributed by atoms with E-state index in [0.717, 1.165) is 16.3 Å². The van der Waals surface area contributed by atoms with Crippen LogP contribution in [0.25, 0.3) is 0 Å². The van der Waals surface area contributed by atoms with E-state index in [9.17, 15) is 4.79 Å². The molecule has 0 heterocycles. The maximum absolute atomic E-state index is 11.0. The number of oxime groups is 1. The Morgan fingerprint density at radius 1 is 1.64 bits per heavy atom. The lowest BCUT2D eigenvalue weighted by atomic mass is 10.2. The molecule has 5 heteroatoms. The molecule has 0 unspecified atom stereocenters. The number of carbonyl (C=O) groups is 1. The van der Waals surface area contributed by atoms with Gasteiger partial charge >= 0.3 is 0 Å². The predicted octanol–water partition coefficient (Wildman–Crippen LogP) is 2.16. The quantitative estimate of drug-likeness (QED) is 0.484. The van der Waals surface area contributed by atoms with Crippen LogP contribution in [-0.2, 0) is 4.79 Å². The van der Waals surface area contributed by atoms with Gasteiger partial charge in [-0.05, 0) is 24.6 Å². The first kappa shape index (κ1) is 10.7. The summed E-state index contributed by atoms with van der Waals surface area (Å²) in [7, 11) is 0. The monoisotopic (exact) mass is 256 g/mol. The molecule has 0 radical (unpaired) electrons. The third kappa shape index (κ3) is 2.56. The molecule has 0 aliphatic heterocycles. The van der Waals surface area contributed by atoms with E-state index in [1.54, 1.807) is 6.07 Å². The molecule has 0 aliphatic carbocycles. The zero-order valence-electron chi connectivity index (χ0n) is 7.49. The Labute approximate surface area is 89.7 Å². The van der Waals surface area contributed by atoms with E-state index in [0.29, 0.717) is 5.69 Å². The fourth-order valence-corrected chi connectivity index (χ4v) is 1.33. The van der Waals surface area contributed by atoms with Gasteiger partial charge in [-0.15, -0.1) is 0 Å². The smallest absolute Gasteiger partial charge is 0.270 e. The SMILES string of the molecule is Cc1c(Br)cccc1NC(=O)C=NO. The average molecular weight is 257 g/mol. The van der Waals surface area contributed by atoms with Crippen molar-refractivity contribution >= 4 is 33.7 Å². The van der Waals surface area contributed by atoms with E-state index in [1.165, 1.54) is 0 Å². The van der Waals surface area contributed by atoms with Crippen molar-refractivity contribution < 1.29 is 10.0 Å². The lowest BCUT2D eigenvalue weighted by Crippen LogP contribution is -2.13. The van der Waals surface area contributed by atoms with Gasteiger partial charge in [-0.3, -0.25) is 4.79 Å². The number of halogens is 1. The van der Waals surface area contributed by atoms with Crippen LogP contribution >= 0.6 is 15.9 Å². The van der Waals surface area contributed by atoms with E-state index in [2.05, 4.69) is 26.4 Å². The molecule has 0 saturated heterocycles. The highest BCUT2D eigenvalue weighted by molar-refractivity contribution is 9.10. The van der Waals surface area contributed by atoms with Crippen molar-refractivity contribution in [2.75, 3.05) is 5.32 Å². The number of anilines is 1. The van der Waals surface area contributed by atoms with Crippen LogP contribution in [0.1, 0.15) is 5.56 Å². The maximum Gasteiger partial charge on any atom is 0.270 e. The van der Waals surface area contributed by atoms with Crippen LogP contribution in [0.15, 0.2) is 27.8 Å². The topological polar surface area (TPSA) is 61.7 Å². The van der Waals surface area contributed by atoms with E-state index >= 15 is 0 Å². The molecule has 0 bridgehead atoms. The molecule has 1 aromatic carbocycles. The number of carbonyl (C=O) groups excluding carboxylic acids is 1. The molecule has 0 aromatic heterocycles. The van der Waals surface area contributed by atoms with Crippen molar-refractivity contribution in [2.24, 2.45) is 5.16 Å². The third-order valence-electron chi connectivity index (χ3n) is 1.70. The van der Waals surface area contributed by atoms with Crippen LogP contribution in [0.5, 0.6) is 0 Å². The highest BCUT2D eigenvalue weighted by atomic mass is 79.9. The second-order valence-corrected chi connectivity index (χ2v) is 3.50. The molecule has 1 aromatic rings. The minimum absolute atomic E-state index is 0.464. The number of benzene rings is 1. The Morgan fingerprint density at radius 3 is 3.00 bits per heavy atom. The lowest BCUT2D eigenvalue weighted by molar-refractivity contribution is -0.110. The summed E-state index contributed by atoms with van der Waals surface area (Å²) in [6.45, 7) is 1.87. The fourth-order valence-electron chi connectivity index (χ4n) is 0.960. The Bertz CT molecular complexity index is 377.